The highest BCUT2D eigenvalue weighted by molar-refractivity contribution is 5.35. The molecule has 1 heterocycles. The quantitative estimate of drug-likeness (QED) is 0.507. The Morgan fingerprint density at radius 1 is 0.846 bits per heavy atom. The topological polar surface area (TPSA) is 12.5 Å². The molecule has 0 aromatic carbocycles. The van der Waals surface area contributed by atoms with E-state index < -0.39 is 0 Å². The second-order valence-electron chi connectivity index (χ2n) is 6.58. The molecule has 5 saturated carbocycles. The van der Waals surface area contributed by atoms with Crippen LogP contribution in [0.15, 0.2) is 0 Å². The van der Waals surface area contributed by atoms with Gasteiger partial charge in [0.05, 0.1) is 12.2 Å². The van der Waals surface area contributed by atoms with Gasteiger partial charge in [0.25, 0.3) is 0 Å². The van der Waals surface area contributed by atoms with Crippen molar-refractivity contribution in [2.24, 2.45) is 47.3 Å². The Labute approximate surface area is 77.8 Å². The molecule has 1 spiro atoms. The summed E-state index contributed by atoms with van der Waals surface area (Å²) in [5, 5.41) is 0. The van der Waals surface area contributed by atoms with E-state index in [1.165, 1.54) is 17.8 Å². The van der Waals surface area contributed by atoms with Gasteiger partial charge in [-0.1, -0.05) is 0 Å². The molecule has 6 rings (SSSR count). The minimum Gasteiger partial charge on any atom is -0.369 e. The van der Waals surface area contributed by atoms with Gasteiger partial charge in [-0.25, -0.2) is 0 Å². The first kappa shape index (κ1) is 5.75. The minimum atomic E-state index is 0.505. The summed E-state index contributed by atoms with van der Waals surface area (Å²) in [6, 6.07) is 0. The van der Waals surface area contributed by atoms with E-state index in [0.717, 1.165) is 36.2 Å². The van der Waals surface area contributed by atoms with Crippen molar-refractivity contribution in [2.45, 2.75) is 18.4 Å². The van der Waals surface area contributed by atoms with Gasteiger partial charge in [0, 0.05) is 0 Å². The van der Waals surface area contributed by atoms with Crippen molar-refractivity contribution in [3.8, 4) is 0 Å². The molecule has 0 radical (unpaired) electrons. The van der Waals surface area contributed by atoms with Crippen LogP contribution in [0.3, 0.4) is 0 Å². The average molecular weight is 174 g/mol. The van der Waals surface area contributed by atoms with Crippen LogP contribution in [-0.2, 0) is 4.74 Å². The van der Waals surface area contributed by atoms with E-state index in [1.54, 1.807) is 12.8 Å². The number of ether oxygens (including phenoxy) is 1. The lowest BCUT2D eigenvalue weighted by atomic mass is 9.57. The Morgan fingerprint density at radius 3 is 2.46 bits per heavy atom. The summed E-state index contributed by atoms with van der Waals surface area (Å²) < 4.78 is 5.92. The molecule has 0 aromatic rings. The van der Waals surface area contributed by atoms with Gasteiger partial charge in [0.2, 0.25) is 0 Å². The van der Waals surface area contributed by atoms with Crippen LogP contribution in [0.25, 0.3) is 0 Å². The molecule has 2 bridgehead atoms. The zero-order chi connectivity index (χ0) is 7.95. The lowest BCUT2D eigenvalue weighted by Crippen LogP contribution is -2.47. The van der Waals surface area contributed by atoms with Crippen LogP contribution < -0.4 is 0 Å². The molecule has 1 heteroatoms. The standard InChI is InChI=1S/C12H14O/c1-4-5-2-6-8(4)9-7(1)10(5)12(3-13-12)11(6)9/h4-11H,1-3H2/t4-,5+,6-,7-,8-,9+,10-,11+,12-/m1/s1. The van der Waals surface area contributed by atoms with Crippen molar-refractivity contribution < 1.29 is 4.74 Å². The SMILES string of the molecule is C1[C@@H]2[C@@H]3C[C@@H]4[C@@H]2[C@@H]2[C@@H]1[C@@H]3[C@]1(CO1)[C@@H]42. The first-order valence-electron chi connectivity index (χ1n) is 6.06. The lowest BCUT2D eigenvalue weighted by molar-refractivity contribution is -0.0168. The zero-order valence-corrected chi connectivity index (χ0v) is 7.65. The van der Waals surface area contributed by atoms with Gasteiger partial charge in [-0.3, -0.25) is 0 Å². The van der Waals surface area contributed by atoms with Crippen LogP contribution in [0.2, 0.25) is 0 Å². The summed E-state index contributed by atoms with van der Waals surface area (Å²) in [6.45, 7) is 1.15. The summed E-state index contributed by atoms with van der Waals surface area (Å²) in [6.07, 6.45) is 3.23. The molecule has 68 valence electrons. The van der Waals surface area contributed by atoms with Crippen molar-refractivity contribution in [3.05, 3.63) is 0 Å². The fourth-order valence-electron chi connectivity index (χ4n) is 7.16. The summed E-state index contributed by atoms with van der Waals surface area (Å²) in [4.78, 5) is 0. The normalized spacial score (nSPS) is 88.6. The highest BCUT2D eigenvalue weighted by atomic mass is 16.6. The monoisotopic (exact) mass is 174 g/mol. The second kappa shape index (κ2) is 1.25. The maximum absolute atomic E-state index is 5.92. The molecule has 5 aliphatic carbocycles. The van der Waals surface area contributed by atoms with E-state index in [0.29, 0.717) is 5.60 Å². The number of epoxide rings is 1. The molecule has 13 heavy (non-hydrogen) atoms. The molecule has 1 aliphatic heterocycles. The molecular weight excluding hydrogens is 160 g/mol. The molecule has 6 fully saturated rings. The predicted octanol–water partition coefficient (Wildman–Crippen LogP) is 1.53. The minimum absolute atomic E-state index is 0.505. The molecule has 0 aromatic heterocycles. The van der Waals surface area contributed by atoms with Crippen molar-refractivity contribution >= 4 is 0 Å². The molecule has 0 amide bonds. The first-order chi connectivity index (χ1) is 6.42. The Morgan fingerprint density at radius 2 is 1.62 bits per heavy atom. The first-order valence-corrected chi connectivity index (χ1v) is 6.06. The summed E-state index contributed by atoms with van der Waals surface area (Å²) in [5.74, 6) is 9.11. The third kappa shape index (κ3) is 0.319. The van der Waals surface area contributed by atoms with Gasteiger partial charge in [-0.15, -0.1) is 0 Å². The fourth-order valence-corrected chi connectivity index (χ4v) is 7.16. The van der Waals surface area contributed by atoms with Crippen molar-refractivity contribution in [3.63, 3.8) is 0 Å². The maximum atomic E-state index is 5.92. The number of hydrogen-bond acceptors (Lipinski definition) is 1. The van der Waals surface area contributed by atoms with Gasteiger partial charge in [0.1, 0.15) is 0 Å². The highest BCUT2D eigenvalue weighted by Gasteiger charge is 2.88. The van der Waals surface area contributed by atoms with E-state index in [1.807, 2.05) is 0 Å². The smallest absolute Gasteiger partial charge is 0.0983 e. The Kier molecular flexibility index (Phi) is 0.551. The van der Waals surface area contributed by atoms with E-state index in [2.05, 4.69) is 0 Å². The summed E-state index contributed by atoms with van der Waals surface area (Å²) in [7, 11) is 0. The van der Waals surface area contributed by atoms with Crippen molar-refractivity contribution in [2.75, 3.05) is 6.61 Å². The number of rotatable bonds is 0. The van der Waals surface area contributed by atoms with Crippen LogP contribution in [-0.4, -0.2) is 12.2 Å². The second-order valence-corrected chi connectivity index (χ2v) is 6.58. The predicted molar refractivity (Wildman–Crippen MR) is 45.8 cm³/mol. The van der Waals surface area contributed by atoms with Crippen molar-refractivity contribution in [1.29, 1.82) is 0 Å². The summed E-state index contributed by atoms with van der Waals surface area (Å²) >= 11 is 0. The molecule has 9 atom stereocenters. The third-order valence-corrected chi connectivity index (χ3v) is 6.97. The molecule has 0 N–H and O–H groups in total. The Hall–Kier alpha value is -0.0400. The number of hydrogen-bond donors (Lipinski definition) is 0. The van der Waals surface area contributed by atoms with Crippen molar-refractivity contribution in [1.82, 2.24) is 0 Å². The molecule has 0 unspecified atom stereocenters. The zero-order valence-electron chi connectivity index (χ0n) is 7.65. The fraction of sp³-hybridized carbons (Fsp3) is 1.00. The largest absolute Gasteiger partial charge is 0.369 e. The third-order valence-electron chi connectivity index (χ3n) is 6.97. The van der Waals surface area contributed by atoms with E-state index in [4.69, 9.17) is 4.74 Å². The van der Waals surface area contributed by atoms with Crippen LogP contribution >= 0.6 is 0 Å². The molecule has 6 aliphatic rings. The molecular formula is C12H14O. The van der Waals surface area contributed by atoms with Gasteiger partial charge in [0.15, 0.2) is 0 Å². The Bertz CT molecular complexity index is 339. The van der Waals surface area contributed by atoms with Crippen LogP contribution in [0.5, 0.6) is 0 Å². The van der Waals surface area contributed by atoms with Crippen LogP contribution in [0.1, 0.15) is 12.8 Å². The van der Waals surface area contributed by atoms with E-state index in [9.17, 15) is 0 Å². The van der Waals surface area contributed by atoms with Crippen LogP contribution in [0, 0.1) is 47.3 Å². The maximum Gasteiger partial charge on any atom is 0.0983 e. The van der Waals surface area contributed by atoms with Gasteiger partial charge in [-0.05, 0) is 60.2 Å². The van der Waals surface area contributed by atoms with E-state index >= 15 is 0 Å². The van der Waals surface area contributed by atoms with Gasteiger partial charge >= 0.3 is 0 Å². The average Bonchev–Trinajstić information content (AvgIpc) is 2.54. The molecule has 1 saturated heterocycles. The van der Waals surface area contributed by atoms with Crippen LogP contribution in [0.4, 0.5) is 0 Å². The molecule has 1 nitrogen and oxygen atoms in total. The lowest BCUT2D eigenvalue weighted by Gasteiger charge is -2.46. The summed E-state index contributed by atoms with van der Waals surface area (Å²) in [5.41, 5.74) is 0.505. The van der Waals surface area contributed by atoms with E-state index in [-0.39, 0.29) is 0 Å². The van der Waals surface area contributed by atoms with Gasteiger partial charge < -0.3 is 4.74 Å². The number of fused-ring (bicyclic) bond motifs is 4. The Balaban J connectivity index is 1.76. The van der Waals surface area contributed by atoms with Gasteiger partial charge in [-0.2, -0.15) is 0 Å². The highest BCUT2D eigenvalue weighted by Crippen LogP contribution is 2.87.